The fourth-order valence-corrected chi connectivity index (χ4v) is 4.22. The van der Waals surface area contributed by atoms with Gasteiger partial charge >= 0.3 is 0 Å². The molecule has 1 aliphatic heterocycles. The van der Waals surface area contributed by atoms with Gasteiger partial charge in [0.05, 0.1) is 6.61 Å². The number of aliphatic hydroxyl groups is 2. The van der Waals surface area contributed by atoms with Gasteiger partial charge in [0, 0.05) is 50.2 Å². The molecule has 2 aromatic rings. The molecule has 1 aromatic heterocycles. The number of rotatable bonds is 9. The summed E-state index contributed by atoms with van der Waals surface area (Å²) < 4.78 is 5.51. The molecule has 0 spiro atoms. The van der Waals surface area contributed by atoms with E-state index in [1.807, 2.05) is 12.1 Å². The minimum absolute atomic E-state index is 0.0271. The van der Waals surface area contributed by atoms with Crippen molar-refractivity contribution < 1.29 is 14.9 Å². The fourth-order valence-electron chi connectivity index (χ4n) is 3.49. The maximum atomic E-state index is 9.48. The fraction of sp³-hybridized carbons (Fsp3) is 0.500. The van der Waals surface area contributed by atoms with Crippen LogP contribution >= 0.6 is 11.3 Å². The highest BCUT2D eigenvalue weighted by molar-refractivity contribution is 7.09. The highest BCUT2D eigenvalue weighted by Gasteiger charge is 2.26. The van der Waals surface area contributed by atoms with Crippen molar-refractivity contribution in [1.82, 2.24) is 9.80 Å². The van der Waals surface area contributed by atoms with E-state index in [0.29, 0.717) is 12.6 Å². The third-order valence-electron chi connectivity index (χ3n) is 4.75. The lowest BCUT2D eigenvalue weighted by Gasteiger charge is -2.41. The minimum Gasteiger partial charge on any atom is -0.491 e. The highest BCUT2D eigenvalue weighted by atomic mass is 32.1. The number of hydrogen-bond donors (Lipinski definition) is 2. The Morgan fingerprint density at radius 2 is 2.00 bits per heavy atom. The molecule has 3 rings (SSSR count). The van der Waals surface area contributed by atoms with E-state index >= 15 is 0 Å². The maximum Gasteiger partial charge on any atom is 0.119 e. The van der Waals surface area contributed by atoms with Crippen LogP contribution < -0.4 is 4.74 Å². The van der Waals surface area contributed by atoms with E-state index in [4.69, 9.17) is 9.84 Å². The zero-order valence-electron chi connectivity index (χ0n) is 15.1. The SMILES string of the molecule is OCCOc1cccc(CN2CCN(Cc3cccs3)[C@H](CCO)C2)c1. The Labute approximate surface area is 159 Å². The van der Waals surface area contributed by atoms with Gasteiger partial charge in [-0.15, -0.1) is 11.3 Å². The average molecular weight is 377 g/mol. The van der Waals surface area contributed by atoms with Crippen molar-refractivity contribution in [2.24, 2.45) is 0 Å². The lowest BCUT2D eigenvalue weighted by Crippen LogP contribution is -2.52. The standard InChI is InChI=1S/C20H28N2O3S/c23-9-6-18-15-21(7-8-22(18)16-20-5-2-12-26-20)14-17-3-1-4-19(13-17)25-11-10-24/h1-5,12-13,18,23-24H,6-11,14-16H2/t18-/m1/s1. The monoisotopic (exact) mass is 376 g/mol. The molecule has 5 nitrogen and oxygen atoms in total. The van der Waals surface area contributed by atoms with Crippen molar-refractivity contribution in [3.8, 4) is 5.75 Å². The Balaban J connectivity index is 1.58. The van der Waals surface area contributed by atoms with Crippen LogP contribution in [0.1, 0.15) is 16.9 Å². The summed E-state index contributed by atoms with van der Waals surface area (Å²) in [6.45, 7) is 5.43. The van der Waals surface area contributed by atoms with E-state index in [1.165, 1.54) is 10.4 Å². The predicted molar refractivity (Wildman–Crippen MR) is 105 cm³/mol. The van der Waals surface area contributed by atoms with E-state index in [2.05, 4.69) is 39.4 Å². The van der Waals surface area contributed by atoms with Crippen LogP contribution in [0.15, 0.2) is 41.8 Å². The van der Waals surface area contributed by atoms with Crippen LogP contribution in [0.5, 0.6) is 5.75 Å². The first-order valence-electron chi connectivity index (χ1n) is 9.20. The first-order valence-corrected chi connectivity index (χ1v) is 10.1. The number of piperazine rings is 1. The molecule has 26 heavy (non-hydrogen) atoms. The molecule has 0 radical (unpaired) electrons. The van der Waals surface area contributed by atoms with E-state index in [9.17, 15) is 5.11 Å². The topological polar surface area (TPSA) is 56.2 Å². The van der Waals surface area contributed by atoms with Crippen molar-refractivity contribution in [2.75, 3.05) is 39.5 Å². The van der Waals surface area contributed by atoms with Crippen molar-refractivity contribution in [2.45, 2.75) is 25.6 Å². The lowest BCUT2D eigenvalue weighted by atomic mass is 10.1. The molecule has 0 bridgehead atoms. The summed E-state index contributed by atoms with van der Waals surface area (Å²) in [5.41, 5.74) is 1.22. The molecule has 0 amide bonds. The highest BCUT2D eigenvalue weighted by Crippen LogP contribution is 2.21. The van der Waals surface area contributed by atoms with Crippen LogP contribution in [0.2, 0.25) is 0 Å². The zero-order chi connectivity index (χ0) is 18.2. The van der Waals surface area contributed by atoms with E-state index in [1.54, 1.807) is 11.3 Å². The van der Waals surface area contributed by atoms with Crippen LogP contribution in [0.3, 0.4) is 0 Å². The Morgan fingerprint density at radius 1 is 1.08 bits per heavy atom. The summed E-state index contributed by atoms with van der Waals surface area (Å²) in [6.07, 6.45) is 0.807. The maximum absolute atomic E-state index is 9.48. The first kappa shape index (κ1) is 19.3. The third-order valence-corrected chi connectivity index (χ3v) is 5.62. The number of thiophene rings is 1. The molecule has 142 valence electrons. The van der Waals surface area contributed by atoms with Crippen LogP contribution in [0, 0.1) is 0 Å². The largest absolute Gasteiger partial charge is 0.491 e. The van der Waals surface area contributed by atoms with Crippen LogP contribution in [-0.2, 0) is 13.1 Å². The predicted octanol–water partition coefficient (Wildman–Crippen LogP) is 2.19. The summed E-state index contributed by atoms with van der Waals surface area (Å²) in [5.74, 6) is 0.805. The first-order chi connectivity index (χ1) is 12.8. The smallest absolute Gasteiger partial charge is 0.119 e. The Hall–Kier alpha value is -1.44. The number of aliphatic hydroxyl groups excluding tert-OH is 2. The molecule has 0 unspecified atom stereocenters. The van der Waals surface area contributed by atoms with E-state index in [0.717, 1.165) is 44.9 Å². The van der Waals surface area contributed by atoms with Gasteiger partial charge < -0.3 is 14.9 Å². The summed E-state index contributed by atoms with van der Waals surface area (Å²) in [5, 5.41) is 20.5. The Kier molecular flexibility index (Phi) is 7.46. The lowest BCUT2D eigenvalue weighted by molar-refractivity contribution is 0.0506. The molecule has 2 heterocycles. The van der Waals surface area contributed by atoms with Gasteiger partial charge in [-0.25, -0.2) is 0 Å². The quantitative estimate of drug-likeness (QED) is 0.703. The minimum atomic E-state index is 0.0271. The summed E-state index contributed by atoms with van der Waals surface area (Å²) in [4.78, 5) is 6.34. The van der Waals surface area contributed by atoms with Gasteiger partial charge in [0.1, 0.15) is 12.4 Å². The number of hydrogen-bond acceptors (Lipinski definition) is 6. The number of benzene rings is 1. The van der Waals surface area contributed by atoms with Gasteiger partial charge in [-0.3, -0.25) is 9.80 Å². The van der Waals surface area contributed by atoms with Crippen molar-refractivity contribution >= 4 is 11.3 Å². The second-order valence-corrected chi connectivity index (χ2v) is 7.70. The second-order valence-electron chi connectivity index (χ2n) is 6.67. The van der Waals surface area contributed by atoms with Gasteiger partial charge in [0.2, 0.25) is 0 Å². The van der Waals surface area contributed by atoms with Crippen molar-refractivity contribution in [3.63, 3.8) is 0 Å². The van der Waals surface area contributed by atoms with Gasteiger partial charge in [-0.05, 0) is 35.6 Å². The van der Waals surface area contributed by atoms with Crippen molar-refractivity contribution in [1.29, 1.82) is 0 Å². The van der Waals surface area contributed by atoms with Gasteiger partial charge in [0.15, 0.2) is 0 Å². The molecule has 1 aliphatic rings. The summed E-state index contributed by atoms with van der Waals surface area (Å²) in [7, 11) is 0. The average Bonchev–Trinajstić information content (AvgIpc) is 3.16. The second kappa shape index (κ2) is 10.0. The molecular weight excluding hydrogens is 348 g/mol. The third kappa shape index (κ3) is 5.53. The normalized spacial score (nSPS) is 18.9. The van der Waals surface area contributed by atoms with Gasteiger partial charge in [-0.2, -0.15) is 0 Å². The molecule has 1 aromatic carbocycles. The molecular formula is C20H28N2O3S. The molecule has 0 saturated carbocycles. The molecule has 1 saturated heterocycles. The van der Waals surface area contributed by atoms with Gasteiger partial charge in [-0.1, -0.05) is 18.2 Å². The van der Waals surface area contributed by atoms with E-state index in [-0.39, 0.29) is 13.2 Å². The Morgan fingerprint density at radius 3 is 2.77 bits per heavy atom. The van der Waals surface area contributed by atoms with Crippen LogP contribution in [0.25, 0.3) is 0 Å². The number of nitrogens with zero attached hydrogens (tertiary/aromatic N) is 2. The summed E-state index contributed by atoms with van der Waals surface area (Å²) in [6, 6.07) is 12.8. The number of ether oxygens (including phenoxy) is 1. The van der Waals surface area contributed by atoms with Gasteiger partial charge in [0.25, 0.3) is 0 Å². The molecule has 0 aliphatic carbocycles. The molecule has 2 N–H and O–H groups in total. The van der Waals surface area contributed by atoms with Crippen LogP contribution in [-0.4, -0.2) is 65.5 Å². The molecule has 1 fully saturated rings. The zero-order valence-corrected chi connectivity index (χ0v) is 15.9. The molecule has 1 atom stereocenters. The summed E-state index contributed by atoms with van der Waals surface area (Å²) >= 11 is 1.80. The van der Waals surface area contributed by atoms with Crippen molar-refractivity contribution in [3.05, 3.63) is 52.2 Å². The van der Waals surface area contributed by atoms with E-state index < -0.39 is 0 Å². The Bertz CT molecular complexity index is 650. The van der Waals surface area contributed by atoms with Crippen LogP contribution in [0.4, 0.5) is 0 Å². The molecule has 6 heteroatoms.